The van der Waals surface area contributed by atoms with Crippen molar-refractivity contribution < 1.29 is 0 Å². The standard InChI is InChI=1S/C18H25N/c1-13-9-8-12-15(13)17-11-7-6-10-16(17)14(2)19-18(3,4)5/h6-12,14-15,19H,1-5H3. The summed E-state index contributed by atoms with van der Waals surface area (Å²) in [6, 6.07) is 9.14. The molecule has 1 aliphatic carbocycles. The van der Waals surface area contributed by atoms with E-state index >= 15 is 0 Å². The summed E-state index contributed by atoms with van der Waals surface area (Å²) in [5, 5.41) is 3.67. The fourth-order valence-corrected chi connectivity index (χ4v) is 2.84. The molecule has 0 heterocycles. The average molecular weight is 255 g/mol. The molecule has 1 aliphatic rings. The van der Waals surface area contributed by atoms with Crippen LogP contribution < -0.4 is 5.32 Å². The van der Waals surface area contributed by atoms with Gasteiger partial charge in [0.2, 0.25) is 0 Å². The molecule has 1 aromatic carbocycles. The third-order valence-electron chi connectivity index (χ3n) is 3.60. The maximum absolute atomic E-state index is 3.67. The van der Waals surface area contributed by atoms with E-state index < -0.39 is 0 Å². The van der Waals surface area contributed by atoms with Crippen LogP contribution in [0.3, 0.4) is 0 Å². The number of nitrogens with one attached hydrogen (secondary N) is 1. The number of benzene rings is 1. The zero-order chi connectivity index (χ0) is 14.0. The lowest BCUT2D eigenvalue weighted by Gasteiger charge is -2.29. The molecule has 1 nitrogen and oxygen atoms in total. The third kappa shape index (κ3) is 3.36. The fraction of sp³-hybridized carbons (Fsp3) is 0.444. The largest absolute Gasteiger partial charge is 0.306 e. The van der Waals surface area contributed by atoms with E-state index in [1.165, 1.54) is 16.7 Å². The molecule has 0 fully saturated rings. The first-order valence-electron chi connectivity index (χ1n) is 7.10. The number of allylic oxidation sites excluding steroid dienone is 4. The van der Waals surface area contributed by atoms with E-state index in [0.717, 1.165) is 0 Å². The van der Waals surface area contributed by atoms with Gasteiger partial charge >= 0.3 is 0 Å². The Morgan fingerprint density at radius 2 is 1.84 bits per heavy atom. The predicted octanol–water partition coefficient (Wildman–Crippen LogP) is 4.74. The Morgan fingerprint density at radius 1 is 1.16 bits per heavy atom. The van der Waals surface area contributed by atoms with Gasteiger partial charge in [-0.2, -0.15) is 0 Å². The van der Waals surface area contributed by atoms with Crippen LogP contribution in [0.2, 0.25) is 0 Å². The minimum absolute atomic E-state index is 0.128. The molecule has 1 N–H and O–H groups in total. The molecule has 19 heavy (non-hydrogen) atoms. The molecule has 0 saturated carbocycles. The number of hydrogen-bond donors (Lipinski definition) is 1. The van der Waals surface area contributed by atoms with E-state index in [9.17, 15) is 0 Å². The molecule has 0 amide bonds. The SMILES string of the molecule is CC1=CC=CC1c1ccccc1C(C)NC(C)(C)C. The van der Waals surface area contributed by atoms with Gasteiger partial charge in [0.25, 0.3) is 0 Å². The summed E-state index contributed by atoms with van der Waals surface area (Å²) in [4.78, 5) is 0. The summed E-state index contributed by atoms with van der Waals surface area (Å²) < 4.78 is 0. The van der Waals surface area contributed by atoms with Crippen LogP contribution in [0, 0.1) is 0 Å². The van der Waals surface area contributed by atoms with Gasteiger partial charge in [0.1, 0.15) is 0 Å². The van der Waals surface area contributed by atoms with Crippen LogP contribution in [0.5, 0.6) is 0 Å². The lowest BCUT2D eigenvalue weighted by molar-refractivity contribution is 0.377. The van der Waals surface area contributed by atoms with Crippen molar-refractivity contribution in [1.29, 1.82) is 0 Å². The zero-order valence-electron chi connectivity index (χ0n) is 12.7. The quantitative estimate of drug-likeness (QED) is 0.823. The maximum Gasteiger partial charge on any atom is 0.0299 e. The van der Waals surface area contributed by atoms with E-state index in [0.29, 0.717) is 12.0 Å². The maximum atomic E-state index is 3.67. The van der Waals surface area contributed by atoms with Crippen molar-refractivity contribution in [2.45, 2.75) is 52.1 Å². The van der Waals surface area contributed by atoms with Crippen molar-refractivity contribution in [1.82, 2.24) is 5.32 Å². The Morgan fingerprint density at radius 3 is 2.42 bits per heavy atom. The van der Waals surface area contributed by atoms with Crippen LogP contribution >= 0.6 is 0 Å². The van der Waals surface area contributed by atoms with E-state index in [2.05, 4.69) is 82.4 Å². The lowest BCUT2D eigenvalue weighted by atomic mass is 9.88. The van der Waals surface area contributed by atoms with E-state index in [-0.39, 0.29) is 5.54 Å². The lowest BCUT2D eigenvalue weighted by Crippen LogP contribution is -2.38. The predicted molar refractivity (Wildman–Crippen MR) is 83.4 cm³/mol. The van der Waals surface area contributed by atoms with Gasteiger partial charge in [0.05, 0.1) is 0 Å². The second kappa shape index (κ2) is 5.34. The zero-order valence-corrected chi connectivity index (χ0v) is 12.7. The molecule has 102 valence electrons. The van der Waals surface area contributed by atoms with Gasteiger partial charge < -0.3 is 5.32 Å². The minimum Gasteiger partial charge on any atom is -0.306 e. The second-order valence-electron chi connectivity index (χ2n) is 6.52. The highest BCUT2D eigenvalue weighted by molar-refractivity contribution is 5.44. The van der Waals surface area contributed by atoms with Gasteiger partial charge in [-0.3, -0.25) is 0 Å². The van der Waals surface area contributed by atoms with Crippen molar-refractivity contribution in [3.8, 4) is 0 Å². The topological polar surface area (TPSA) is 12.0 Å². The van der Waals surface area contributed by atoms with Crippen LogP contribution in [0.4, 0.5) is 0 Å². The summed E-state index contributed by atoms with van der Waals surface area (Å²) >= 11 is 0. The van der Waals surface area contributed by atoms with Crippen LogP contribution in [-0.4, -0.2) is 5.54 Å². The van der Waals surface area contributed by atoms with Crippen molar-refractivity contribution >= 4 is 0 Å². The Labute approximate surface area is 117 Å². The summed E-state index contributed by atoms with van der Waals surface area (Å²) in [7, 11) is 0. The van der Waals surface area contributed by atoms with Crippen molar-refractivity contribution in [2.24, 2.45) is 0 Å². The van der Waals surface area contributed by atoms with Gasteiger partial charge in [-0.05, 0) is 45.7 Å². The highest BCUT2D eigenvalue weighted by Crippen LogP contribution is 2.34. The normalized spacial score (nSPS) is 20.5. The molecule has 0 spiro atoms. The first-order chi connectivity index (χ1) is 8.88. The van der Waals surface area contributed by atoms with E-state index in [4.69, 9.17) is 0 Å². The second-order valence-corrected chi connectivity index (χ2v) is 6.52. The minimum atomic E-state index is 0.128. The van der Waals surface area contributed by atoms with Crippen molar-refractivity contribution in [3.63, 3.8) is 0 Å². The first kappa shape index (κ1) is 14.1. The molecule has 0 aliphatic heterocycles. The van der Waals surface area contributed by atoms with Crippen LogP contribution in [-0.2, 0) is 0 Å². The van der Waals surface area contributed by atoms with Gasteiger partial charge in [-0.15, -0.1) is 0 Å². The molecular weight excluding hydrogens is 230 g/mol. The van der Waals surface area contributed by atoms with Crippen LogP contribution in [0.15, 0.2) is 48.1 Å². The smallest absolute Gasteiger partial charge is 0.0299 e. The van der Waals surface area contributed by atoms with Crippen molar-refractivity contribution in [3.05, 3.63) is 59.2 Å². The number of rotatable bonds is 3. The van der Waals surface area contributed by atoms with Gasteiger partial charge in [-0.25, -0.2) is 0 Å². The summed E-state index contributed by atoms with van der Waals surface area (Å²) in [6.07, 6.45) is 6.67. The summed E-state index contributed by atoms with van der Waals surface area (Å²) in [5.74, 6) is 0.445. The van der Waals surface area contributed by atoms with Crippen LogP contribution in [0.25, 0.3) is 0 Å². The number of hydrogen-bond acceptors (Lipinski definition) is 1. The molecule has 1 aromatic rings. The molecule has 2 atom stereocenters. The summed E-state index contributed by atoms with van der Waals surface area (Å²) in [5.41, 5.74) is 4.38. The fourth-order valence-electron chi connectivity index (χ4n) is 2.84. The molecule has 0 aromatic heterocycles. The Bertz CT molecular complexity index is 503. The van der Waals surface area contributed by atoms with E-state index in [1.807, 2.05) is 0 Å². The first-order valence-corrected chi connectivity index (χ1v) is 7.10. The Hall–Kier alpha value is -1.34. The molecule has 2 rings (SSSR count). The van der Waals surface area contributed by atoms with Crippen molar-refractivity contribution in [2.75, 3.05) is 0 Å². The van der Waals surface area contributed by atoms with Gasteiger partial charge in [-0.1, -0.05) is 48.1 Å². The highest BCUT2D eigenvalue weighted by Gasteiger charge is 2.21. The van der Waals surface area contributed by atoms with Gasteiger partial charge in [0, 0.05) is 17.5 Å². The highest BCUT2D eigenvalue weighted by atomic mass is 15.0. The molecule has 2 unspecified atom stereocenters. The monoisotopic (exact) mass is 255 g/mol. The molecular formula is C18H25N. The van der Waals surface area contributed by atoms with Gasteiger partial charge in [0.15, 0.2) is 0 Å². The third-order valence-corrected chi connectivity index (χ3v) is 3.60. The molecule has 1 heteroatoms. The van der Waals surface area contributed by atoms with E-state index in [1.54, 1.807) is 0 Å². The summed E-state index contributed by atoms with van der Waals surface area (Å²) in [6.45, 7) is 11.1. The van der Waals surface area contributed by atoms with Crippen LogP contribution in [0.1, 0.15) is 57.7 Å². The molecule has 0 radical (unpaired) electrons. The Kier molecular flexibility index (Phi) is 3.96. The molecule has 0 saturated heterocycles. The molecule has 0 bridgehead atoms. The Balaban J connectivity index is 2.31. The average Bonchev–Trinajstić information content (AvgIpc) is 2.73.